The lowest BCUT2D eigenvalue weighted by molar-refractivity contribution is 0.0673. The fourth-order valence-electron chi connectivity index (χ4n) is 2.27. The molecule has 2 aromatic rings. The van der Waals surface area contributed by atoms with Crippen LogP contribution in [0.2, 0.25) is 5.02 Å². The van der Waals surface area contributed by atoms with Crippen molar-refractivity contribution < 1.29 is 27.8 Å². The Hall–Kier alpha value is -2.19. The molecule has 1 aromatic carbocycles. The van der Waals surface area contributed by atoms with Crippen LogP contribution >= 0.6 is 11.6 Å². The van der Waals surface area contributed by atoms with Crippen LogP contribution in [0.1, 0.15) is 41.0 Å². The van der Waals surface area contributed by atoms with Crippen molar-refractivity contribution in [2.45, 2.75) is 32.0 Å². The van der Waals surface area contributed by atoms with Gasteiger partial charge in [-0.3, -0.25) is 0 Å². The third-order valence-corrected chi connectivity index (χ3v) is 3.94. The van der Waals surface area contributed by atoms with Gasteiger partial charge in [-0.1, -0.05) is 17.7 Å². The van der Waals surface area contributed by atoms with E-state index in [4.69, 9.17) is 16.3 Å². The Bertz CT molecular complexity index is 829. The molecule has 0 saturated heterocycles. The topological polar surface area (TPSA) is 72.3 Å². The zero-order chi connectivity index (χ0) is 18.1. The highest BCUT2D eigenvalue weighted by Crippen LogP contribution is 2.35. The molecule has 9 heteroatoms. The van der Waals surface area contributed by atoms with Crippen molar-refractivity contribution in [2.24, 2.45) is 0 Å². The van der Waals surface area contributed by atoms with Crippen molar-refractivity contribution in [3.05, 3.63) is 46.1 Å². The highest BCUT2D eigenvalue weighted by atomic mass is 35.5. The van der Waals surface area contributed by atoms with Gasteiger partial charge in [0, 0.05) is 11.1 Å². The summed E-state index contributed by atoms with van der Waals surface area (Å²) in [6.45, 7) is -0.153. The lowest BCUT2D eigenvalue weighted by atomic mass is 10.0. The molecule has 1 heterocycles. The van der Waals surface area contributed by atoms with E-state index < -0.39 is 29.3 Å². The molecule has 1 aromatic heterocycles. The first-order chi connectivity index (χ1) is 11.9. The first-order valence-electron chi connectivity index (χ1n) is 7.35. The molecule has 1 aliphatic rings. The average molecular weight is 373 g/mol. The number of nitrogens with zero attached hydrogens (tertiary/aromatic N) is 2. The van der Waals surface area contributed by atoms with Gasteiger partial charge in [0.1, 0.15) is 0 Å². The fourth-order valence-corrected chi connectivity index (χ4v) is 2.42. The minimum Gasteiger partial charge on any atom is -0.476 e. The van der Waals surface area contributed by atoms with Crippen molar-refractivity contribution in [1.82, 2.24) is 9.97 Å². The Morgan fingerprint density at radius 1 is 1.40 bits per heavy atom. The number of benzene rings is 1. The minimum absolute atomic E-state index is 0.0200. The third kappa shape index (κ3) is 3.74. The standard InChI is InChI=1S/C16H12ClF3N2O3/c17-9-4-3-8(15(19)20)12(13(9)18)10-5-21-14(16(23)24)11(22-10)6-25-7-1-2-7/h3-5,7,15H,1-2,6H2,(H,23,24). The summed E-state index contributed by atoms with van der Waals surface area (Å²) < 4.78 is 46.2. The van der Waals surface area contributed by atoms with E-state index in [9.17, 15) is 23.1 Å². The molecule has 0 radical (unpaired) electrons. The number of halogens is 4. The first kappa shape index (κ1) is 17.6. The summed E-state index contributed by atoms with van der Waals surface area (Å²) in [4.78, 5) is 19.0. The van der Waals surface area contributed by atoms with Gasteiger partial charge in [0.05, 0.1) is 35.3 Å². The number of carbonyl (C=O) groups is 1. The van der Waals surface area contributed by atoms with Crippen LogP contribution in [-0.2, 0) is 11.3 Å². The number of rotatable bonds is 6. The summed E-state index contributed by atoms with van der Waals surface area (Å²) in [5, 5.41) is 8.83. The van der Waals surface area contributed by atoms with Crippen LogP contribution in [0.3, 0.4) is 0 Å². The minimum atomic E-state index is -2.96. The lowest BCUT2D eigenvalue weighted by Gasteiger charge is -2.13. The van der Waals surface area contributed by atoms with Crippen LogP contribution in [0.25, 0.3) is 11.3 Å². The molecule has 0 unspecified atom stereocenters. The maximum absolute atomic E-state index is 14.3. The van der Waals surface area contributed by atoms with Crippen LogP contribution < -0.4 is 0 Å². The largest absolute Gasteiger partial charge is 0.476 e. The van der Waals surface area contributed by atoms with Gasteiger partial charge in [-0.25, -0.2) is 27.9 Å². The lowest BCUT2D eigenvalue weighted by Crippen LogP contribution is -2.11. The second kappa shape index (κ2) is 6.97. The van der Waals surface area contributed by atoms with Crippen molar-refractivity contribution in [3.63, 3.8) is 0 Å². The number of aromatic carboxylic acids is 1. The Kier molecular flexibility index (Phi) is 4.91. The van der Waals surface area contributed by atoms with Crippen LogP contribution in [-0.4, -0.2) is 27.1 Å². The molecule has 1 fully saturated rings. The molecule has 0 spiro atoms. The van der Waals surface area contributed by atoms with E-state index in [1.54, 1.807) is 0 Å². The number of ether oxygens (including phenoxy) is 1. The quantitative estimate of drug-likeness (QED) is 0.820. The molecule has 1 aliphatic carbocycles. The van der Waals surface area contributed by atoms with E-state index in [2.05, 4.69) is 9.97 Å². The van der Waals surface area contributed by atoms with Crippen molar-refractivity contribution in [3.8, 4) is 11.3 Å². The zero-order valence-corrected chi connectivity index (χ0v) is 13.4. The van der Waals surface area contributed by atoms with Gasteiger partial charge in [0.25, 0.3) is 6.43 Å². The number of alkyl halides is 2. The Balaban J connectivity index is 2.09. The molecule has 0 bridgehead atoms. The van der Waals surface area contributed by atoms with Gasteiger partial charge in [-0.05, 0) is 18.9 Å². The van der Waals surface area contributed by atoms with Gasteiger partial charge in [-0.15, -0.1) is 0 Å². The molecular weight excluding hydrogens is 361 g/mol. The van der Waals surface area contributed by atoms with Crippen LogP contribution in [0, 0.1) is 5.82 Å². The predicted molar refractivity (Wildman–Crippen MR) is 82.2 cm³/mol. The van der Waals surface area contributed by atoms with E-state index in [1.807, 2.05) is 0 Å². The third-order valence-electron chi connectivity index (χ3n) is 3.65. The van der Waals surface area contributed by atoms with Gasteiger partial charge < -0.3 is 9.84 Å². The van der Waals surface area contributed by atoms with Crippen molar-refractivity contribution in [1.29, 1.82) is 0 Å². The molecule has 5 nitrogen and oxygen atoms in total. The summed E-state index contributed by atoms with van der Waals surface area (Å²) in [7, 11) is 0. The van der Waals surface area contributed by atoms with Crippen molar-refractivity contribution in [2.75, 3.05) is 0 Å². The summed E-state index contributed by atoms with van der Waals surface area (Å²) in [6.07, 6.45) is -0.298. The summed E-state index contributed by atoms with van der Waals surface area (Å²) >= 11 is 5.69. The number of carboxylic acids is 1. The number of aromatic nitrogens is 2. The molecule has 3 rings (SSSR count). The van der Waals surface area contributed by atoms with Crippen LogP contribution in [0.5, 0.6) is 0 Å². The number of hydrogen-bond donors (Lipinski definition) is 1. The first-order valence-corrected chi connectivity index (χ1v) is 7.73. The summed E-state index contributed by atoms with van der Waals surface area (Å²) in [6, 6.07) is 2.02. The molecule has 0 aliphatic heterocycles. The Morgan fingerprint density at radius 2 is 2.12 bits per heavy atom. The monoisotopic (exact) mass is 372 g/mol. The smallest absolute Gasteiger partial charge is 0.356 e. The molecule has 25 heavy (non-hydrogen) atoms. The van der Waals surface area contributed by atoms with Crippen LogP contribution in [0.15, 0.2) is 18.3 Å². The molecule has 0 atom stereocenters. The van der Waals surface area contributed by atoms with Gasteiger partial charge in [0.15, 0.2) is 11.5 Å². The van der Waals surface area contributed by atoms with E-state index in [0.29, 0.717) is 0 Å². The maximum atomic E-state index is 14.3. The van der Waals surface area contributed by atoms with E-state index in [-0.39, 0.29) is 34.8 Å². The molecule has 1 saturated carbocycles. The normalized spacial score (nSPS) is 14.1. The summed E-state index contributed by atoms with van der Waals surface area (Å²) in [5.74, 6) is -2.40. The fraction of sp³-hybridized carbons (Fsp3) is 0.312. The molecule has 132 valence electrons. The van der Waals surface area contributed by atoms with Gasteiger partial charge >= 0.3 is 5.97 Å². The average Bonchev–Trinajstić information content (AvgIpc) is 3.39. The number of carboxylic acid groups (broad SMARTS) is 1. The highest BCUT2D eigenvalue weighted by molar-refractivity contribution is 6.31. The van der Waals surface area contributed by atoms with E-state index in [0.717, 1.165) is 31.2 Å². The van der Waals surface area contributed by atoms with E-state index >= 15 is 0 Å². The predicted octanol–water partition coefficient (Wildman–Crippen LogP) is 4.25. The number of hydrogen-bond acceptors (Lipinski definition) is 4. The van der Waals surface area contributed by atoms with E-state index in [1.165, 1.54) is 0 Å². The Morgan fingerprint density at radius 3 is 2.72 bits per heavy atom. The second-order valence-corrected chi connectivity index (χ2v) is 5.90. The second-order valence-electron chi connectivity index (χ2n) is 5.49. The van der Waals surface area contributed by atoms with Gasteiger partial charge in [-0.2, -0.15) is 0 Å². The molecule has 1 N–H and O–H groups in total. The highest BCUT2D eigenvalue weighted by Gasteiger charge is 2.26. The van der Waals surface area contributed by atoms with Crippen molar-refractivity contribution >= 4 is 17.6 Å². The Labute approximate surface area is 145 Å². The zero-order valence-electron chi connectivity index (χ0n) is 12.7. The van der Waals surface area contributed by atoms with Crippen LogP contribution in [0.4, 0.5) is 13.2 Å². The molecular formula is C16H12ClF3N2O3. The SMILES string of the molecule is O=C(O)c1ncc(-c2c(C(F)F)ccc(Cl)c2F)nc1COC1CC1. The summed E-state index contributed by atoms with van der Waals surface area (Å²) in [5.41, 5.74) is -1.76. The molecule has 0 amide bonds. The van der Waals surface area contributed by atoms with Gasteiger partial charge in [0.2, 0.25) is 0 Å². The maximum Gasteiger partial charge on any atom is 0.356 e.